The maximum atomic E-state index is 11.7. The zero-order valence-corrected chi connectivity index (χ0v) is 9.22. The second-order valence-electron chi connectivity index (χ2n) is 2.34. The molecule has 0 N–H and O–H groups in total. The van der Waals surface area contributed by atoms with Crippen LogP contribution in [0.5, 0.6) is 0 Å². The molecule has 0 aliphatic rings. The van der Waals surface area contributed by atoms with E-state index in [0.29, 0.717) is 26.2 Å². The Morgan fingerprint density at radius 1 is 1.23 bits per heavy atom. The van der Waals surface area contributed by atoms with Crippen molar-refractivity contribution in [2.75, 3.05) is 26.2 Å². The molecule has 13 heavy (non-hydrogen) atoms. The minimum Gasteiger partial charge on any atom is -0.369 e. The van der Waals surface area contributed by atoms with E-state index >= 15 is 0 Å². The molecule has 0 spiro atoms. The van der Waals surface area contributed by atoms with Crippen molar-refractivity contribution >= 4 is 7.60 Å². The van der Waals surface area contributed by atoms with Crippen LogP contribution in [0, 0.1) is 6.92 Å². The summed E-state index contributed by atoms with van der Waals surface area (Å²) in [5.41, 5.74) is 0. The molecule has 0 rings (SSSR count). The molecule has 0 unspecified atom stereocenters. The highest BCUT2D eigenvalue weighted by Crippen LogP contribution is 2.47. The van der Waals surface area contributed by atoms with Crippen LogP contribution < -0.4 is 0 Å². The smallest absolute Gasteiger partial charge is 0.356 e. The average Bonchev–Trinajstić information content (AvgIpc) is 2.05. The summed E-state index contributed by atoms with van der Waals surface area (Å²) in [4.78, 5) is 0. The van der Waals surface area contributed by atoms with Crippen molar-refractivity contribution < 1.29 is 18.3 Å². The van der Waals surface area contributed by atoms with Crippen molar-refractivity contribution in [1.82, 2.24) is 0 Å². The Balaban J connectivity index is 3.85. The minimum atomic E-state index is -3.00. The normalized spacial score (nSPS) is 11.9. The van der Waals surface area contributed by atoms with Gasteiger partial charge < -0.3 is 13.8 Å². The van der Waals surface area contributed by atoms with E-state index in [1.54, 1.807) is 13.8 Å². The van der Waals surface area contributed by atoms with Crippen molar-refractivity contribution in [3.8, 4) is 0 Å². The summed E-state index contributed by atoms with van der Waals surface area (Å²) in [6, 6.07) is 0. The molecule has 0 aromatic carbocycles. The first kappa shape index (κ1) is 13.1. The third-order valence-electron chi connectivity index (χ3n) is 1.19. The van der Waals surface area contributed by atoms with Gasteiger partial charge in [-0.05, 0) is 20.3 Å². The molecule has 0 aromatic rings. The zero-order chi connectivity index (χ0) is 10.2. The van der Waals surface area contributed by atoms with Crippen molar-refractivity contribution in [3.05, 3.63) is 6.92 Å². The molecule has 0 saturated heterocycles. The van der Waals surface area contributed by atoms with Crippen molar-refractivity contribution in [2.45, 2.75) is 20.3 Å². The van der Waals surface area contributed by atoms with Gasteiger partial charge in [-0.3, -0.25) is 4.57 Å². The highest BCUT2D eigenvalue weighted by molar-refractivity contribution is 7.53. The fourth-order valence-electron chi connectivity index (χ4n) is 0.784. The lowest BCUT2D eigenvalue weighted by atomic mass is 10.5. The van der Waals surface area contributed by atoms with Crippen LogP contribution in [0.25, 0.3) is 0 Å². The lowest BCUT2D eigenvalue weighted by molar-refractivity contribution is 0.135. The van der Waals surface area contributed by atoms with Crippen LogP contribution >= 0.6 is 7.60 Å². The predicted octanol–water partition coefficient (Wildman–Crippen LogP) is 2.45. The molecule has 1 radical (unpaired) electrons. The predicted molar refractivity (Wildman–Crippen MR) is 51.7 cm³/mol. The Labute approximate surface area is 80.1 Å². The van der Waals surface area contributed by atoms with Crippen LogP contribution in [0.4, 0.5) is 0 Å². The maximum Gasteiger partial charge on any atom is 0.356 e. The van der Waals surface area contributed by atoms with Crippen LogP contribution in [0.1, 0.15) is 20.3 Å². The average molecular weight is 209 g/mol. The van der Waals surface area contributed by atoms with Crippen molar-refractivity contribution in [1.29, 1.82) is 0 Å². The monoisotopic (exact) mass is 209 g/mol. The summed E-state index contributed by atoms with van der Waals surface area (Å²) in [7, 11) is -3.00. The third-order valence-corrected chi connectivity index (χ3v) is 2.99. The molecule has 0 fully saturated rings. The van der Waals surface area contributed by atoms with Crippen LogP contribution in [-0.4, -0.2) is 26.2 Å². The second-order valence-corrected chi connectivity index (χ2v) is 4.33. The molecule has 4 nitrogen and oxygen atoms in total. The highest BCUT2D eigenvalue weighted by Gasteiger charge is 2.23. The summed E-state index contributed by atoms with van der Waals surface area (Å²) in [6.45, 7) is 8.35. The fraction of sp³-hybridized carbons (Fsp3) is 0.875. The number of ether oxygens (including phenoxy) is 1. The third kappa shape index (κ3) is 6.22. The van der Waals surface area contributed by atoms with Gasteiger partial charge in [0.05, 0.1) is 13.2 Å². The molecule has 0 aliphatic heterocycles. The second kappa shape index (κ2) is 7.51. The molecule has 0 aliphatic carbocycles. The molecule has 79 valence electrons. The van der Waals surface area contributed by atoms with Gasteiger partial charge in [0.15, 0.2) is 0 Å². The molecular weight excluding hydrogens is 191 g/mol. The minimum absolute atomic E-state index is 0.0181. The molecule has 0 heterocycles. The largest absolute Gasteiger partial charge is 0.369 e. The van der Waals surface area contributed by atoms with Gasteiger partial charge in [-0.2, -0.15) is 0 Å². The lowest BCUT2D eigenvalue weighted by Gasteiger charge is -2.16. The highest BCUT2D eigenvalue weighted by atomic mass is 31.2. The lowest BCUT2D eigenvalue weighted by Crippen LogP contribution is -2.04. The van der Waals surface area contributed by atoms with Gasteiger partial charge in [0.1, 0.15) is 6.35 Å². The van der Waals surface area contributed by atoms with Crippen LogP contribution in [0.3, 0.4) is 0 Å². The first-order valence-electron chi connectivity index (χ1n) is 4.43. The van der Waals surface area contributed by atoms with Gasteiger partial charge in [0.25, 0.3) is 0 Å². The van der Waals surface area contributed by atoms with E-state index in [-0.39, 0.29) is 6.35 Å². The molecule has 5 heteroatoms. The van der Waals surface area contributed by atoms with E-state index in [1.165, 1.54) is 0 Å². The quantitative estimate of drug-likeness (QED) is 0.455. The van der Waals surface area contributed by atoms with E-state index in [1.807, 2.05) is 0 Å². The SMILES string of the molecule is [CH2]CCOCP(=O)(OCC)OCC. The fourth-order valence-corrected chi connectivity index (χ4v) is 2.15. The number of hydrogen-bond acceptors (Lipinski definition) is 4. The Kier molecular flexibility index (Phi) is 7.57. The Bertz CT molecular complexity index is 150. The Morgan fingerprint density at radius 2 is 1.77 bits per heavy atom. The van der Waals surface area contributed by atoms with Gasteiger partial charge in [0, 0.05) is 6.61 Å². The van der Waals surface area contributed by atoms with E-state index in [9.17, 15) is 4.57 Å². The summed E-state index contributed by atoms with van der Waals surface area (Å²) in [5.74, 6) is 0. The molecular formula is C8H18O4P. The summed E-state index contributed by atoms with van der Waals surface area (Å²) >= 11 is 0. The standard InChI is InChI=1S/C8H18O4P/c1-4-7-10-8-13(9,11-5-2)12-6-3/h1,4-8H2,2-3H3. The van der Waals surface area contributed by atoms with Gasteiger partial charge in [-0.25, -0.2) is 0 Å². The van der Waals surface area contributed by atoms with Crippen LogP contribution in [-0.2, 0) is 18.3 Å². The first-order valence-corrected chi connectivity index (χ1v) is 6.16. The van der Waals surface area contributed by atoms with E-state index in [2.05, 4.69) is 6.92 Å². The van der Waals surface area contributed by atoms with Gasteiger partial charge in [0.2, 0.25) is 0 Å². The van der Waals surface area contributed by atoms with E-state index in [4.69, 9.17) is 13.8 Å². The van der Waals surface area contributed by atoms with Gasteiger partial charge in [-0.15, -0.1) is 0 Å². The topological polar surface area (TPSA) is 44.8 Å². The van der Waals surface area contributed by atoms with Gasteiger partial charge >= 0.3 is 7.60 Å². The van der Waals surface area contributed by atoms with Crippen LogP contribution in [0.15, 0.2) is 0 Å². The van der Waals surface area contributed by atoms with E-state index in [0.717, 1.165) is 0 Å². The van der Waals surface area contributed by atoms with Gasteiger partial charge in [-0.1, -0.05) is 6.92 Å². The molecule has 0 aromatic heterocycles. The van der Waals surface area contributed by atoms with E-state index < -0.39 is 7.60 Å². The van der Waals surface area contributed by atoms with Crippen molar-refractivity contribution in [2.24, 2.45) is 0 Å². The molecule has 0 bridgehead atoms. The zero-order valence-electron chi connectivity index (χ0n) is 8.32. The molecule has 0 atom stereocenters. The number of hydrogen-bond donors (Lipinski definition) is 0. The maximum absolute atomic E-state index is 11.7. The Hall–Kier alpha value is 0.110. The Morgan fingerprint density at radius 3 is 2.15 bits per heavy atom. The molecule has 0 saturated carbocycles. The summed E-state index contributed by atoms with van der Waals surface area (Å²) in [6.07, 6.45) is 0.669. The van der Waals surface area contributed by atoms with Crippen molar-refractivity contribution in [3.63, 3.8) is 0 Å². The summed E-state index contributed by atoms with van der Waals surface area (Å²) in [5, 5.41) is 0. The first-order chi connectivity index (χ1) is 6.18. The molecule has 0 amide bonds. The summed E-state index contributed by atoms with van der Waals surface area (Å²) < 4.78 is 26.8. The number of rotatable bonds is 8. The van der Waals surface area contributed by atoms with Crippen LogP contribution in [0.2, 0.25) is 0 Å².